The fourth-order valence-electron chi connectivity index (χ4n) is 1.68. The van der Waals surface area contributed by atoms with E-state index in [9.17, 15) is 0 Å². The molecule has 0 aliphatic heterocycles. The average Bonchev–Trinajstić information content (AvgIpc) is 2.36. The molecule has 0 saturated heterocycles. The van der Waals surface area contributed by atoms with Crippen LogP contribution in [0, 0.1) is 17.2 Å². The van der Waals surface area contributed by atoms with Crippen LogP contribution in [0.2, 0.25) is 0 Å². The topological polar surface area (TPSA) is 23.8 Å². The molecule has 54 valence electrons. The number of nitrogens with zero attached hydrogens (tertiary/aromatic N) is 1. The fourth-order valence-corrected chi connectivity index (χ4v) is 1.68. The van der Waals surface area contributed by atoms with Gasteiger partial charge in [-0.1, -0.05) is 12.5 Å². The normalized spacial score (nSPS) is 28.8. The van der Waals surface area contributed by atoms with Gasteiger partial charge in [0.2, 0.25) is 0 Å². The minimum Gasteiger partial charge on any atom is -0.193 e. The molecule has 0 N–H and O–H groups in total. The molecule has 1 fully saturated rings. The number of rotatable bonds is 1. The number of allylic oxidation sites excluding steroid dienone is 2. The maximum absolute atomic E-state index is 8.41. The van der Waals surface area contributed by atoms with Crippen molar-refractivity contribution >= 4 is 0 Å². The largest absolute Gasteiger partial charge is 0.193 e. The summed E-state index contributed by atoms with van der Waals surface area (Å²) in [6.07, 6.45) is 6.68. The van der Waals surface area contributed by atoms with E-state index in [0.717, 1.165) is 12.3 Å². The van der Waals surface area contributed by atoms with Crippen molar-refractivity contribution in [3.63, 3.8) is 0 Å². The van der Waals surface area contributed by atoms with Crippen LogP contribution in [-0.4, -0.2) is 0 Å². The summed E-state index contributed by atoms with van der Waals surface area (Å²) in [6.45, 7) is 2.20. The van der Waals surface area contributed by atoms with Gasteiger partial charge in [-0.25, -0.2) is 0 Å². The smallest absolute Gasteiger partial charge is 0.0911 e. The Bertz CT molecular complexity index is 174. The SMILES string of the molecule is CCC1CCCC1=CC#N. The van der Waals surface area contributed by atoms with Crippen molar-refractivity contribution < 1.29 is 0 Å². The van der Waals surface area contributed by atoms with Gasteiger partial charge in [-0.15, -0.1) is 0 Å². The molecular formula is C9H13N. The van der Waals surface area contributed by atoms with Crippen molar-refractivity contribution in [2.75, 3.05) is 0 Å². The first-order valence-corrected chi connectivity index (χ1v) is 3.97. The maximum atomic E-state index is 8.41. The Balaban J connectivity index is 2.60. The third-order valence-corrected chi connectivity index (χ3v) is 2.29. The summed E-state index contributed by atoms with van der Waals surface area (Å²) < 4.78 is 0. The van der Waals surface area contributed by atoms with Crippen LogP contribution in [0.25, 0.3) is 0 Å². The molecule has 10 heavy (non-hydrogen) atoms. The second-order valence-corrected chi connectivity index (χ2v) is 2.85. The van der Waals surface area contributed by atoms with Crippen LogP contribution in [0.1, 0.15) is 32.6 Å². The molecule has 0 heterocycles. The van der Waals surface area contributed by atoms with E-state index in [1.54, 1.807) is 6.08 Å². The molecular weight excluding hydrogens is 122 g/mol. The first kappa shape index (κ1) is 7.34. The highest BCUT2D eigenvalue weighted by Crippen LogP contribution is 2.32. The van der Waals surface area contributed by atoms with Gasteiger partial charge < -0.3 is 0 Å². The summed E-state index contributed by atoms with van der Waals surface area (Å²) in [4.78, 5) is 0. The number of hydrogen-bond acceptors (Lipinski definition) is 1. The van der Waals surface area contributed by atoms with Gasteiger partial charge in [0, 0.05) is 6.08 Å². The predicted molar refractivity (Wildman–Crippen MR) is 41.3 cm³/mol. The molecule has 1 rings (SSSR count). The maximum Gasteiger partial charge on any atom is 0.0911 e. The molecule has 0 aromatic rings. The number of hydrogen-bond donors (Lipinski definition) is 0. The lowest BCUT2D eigenvalue weighted by atomic mass is 10.0. The van der Waals surface area contributed by atoms with Crippen molar-refractivity contribution in [1.82, 2.24) is 0 Å². The number of nitriles is 1. The Labute approximate surface area is 62.4 Å². The highest BCUT2D eigenvalue weighted by Gasteiger charge is 2.17. The van der Waals surface area contributed by atoms with Crippen molar-refractivity contribution in [2.45, 2.75) is 32.6 Å². The minimum absolute atomic E-state index is 0.722. The molecule has 0 amide bonds. The molecule has 1 saturated carbocycles. The first-order chi connectivity index (χ1) is 4.88. The molecule has 0 spiro atoms. The monoisotopic (exact) mass is 135 g/mol. The molecule has 1 unspecified atom stereocenters. The van der Waals surface area contributed by atoms with E-state index < -0.39 is 0 Å². The Hall–Kier alpha value is -0.770. The molecule has 1 heteroatoms. The molecule has 0 bridgehead atoms. The van der Waals surface area contributed by atoms with E-state index in [0.29, 0.717) is 0 Å². The highest BCUT2D eigenvalue weighted by molar-refractivity contribution is 5.18. The van der Waals surface area contributed by atoms with E-state index in [4.69, 9.17) is 5.26 Å². The third kappa shape index (κ3) is 1.39. The Kier molecular flexibility index (Phi) is 2.50. The zero-order valence-corrected chi connectivity index (χ0v) is 6.43. The molecule has 1 aliphatic rings. The fraction of sp³-hybridized carbons (Fsp3) is 0.667. The average molecular weight is 135 g/mol. The van der Waals surface area contributed by atoms with Crippen LogP contribution in [0.4, 0.5) is 0 Å². The molecule has 1 nitrogen and oxygen atoms in total. The van der Waals surface area contributed by atoms with Crippen molar-refractivity contribution in [3.8, 4) is 6.07 Å². The second-order valence-electron chi connectivity index (χ2n) is 2.85. The Morgan fingerprint density at radius 3 is 3.20 bits per heavy atom. The summed E-state index contributed by atoms with van der Waals surface area (Å²) in [7, 11) is 0. The summed E-state index contributed by atoms with van der Waals surface area (Å²) >= 11 is 0. The van der Waals surface area contributed by atoms with E-state index in [1.807, 2.05) is 0 Å². The Morgan fingerprint density at radius 2 is 2.60 bits per heavy atom. The van der Waals surface area contributed by atoms with Crippen LogP contribution < -0.4 is 0 Å². The van der Waals surface area contributed by atoms with Gasteiger partial charge in [0.1, 0.15) is 0 Å². The van der Waals surface area contributed by atoms with Crippen molar-refractivity contribution in [3.05, 3.63) is 11.6 Å². The zero-order valence-electron chi connectivity index (χ0n) is 6.43. The summed E-state index contributed by atoms with van der Waals surface area (Å²) in [5, 5.41) is 8.41. The summed E-state index contributed by atoms with van der Waals surface area (Å²) in [5.41, 5.74) is 1.38. The first-order valence-electron chi connectivity index (χ1n) is 3.97. The highest BCUT2D eigenvalue weighted by atomic mass is 14.3. The lowest BCUT2D eigenvalue weighted by molar-refractivity contribution is 0.606. The van der Waals surface area contributed by atoms with Gasteiger partial charge in [-0.3, -0.25) is 0 Å². The minimum atomic E-state index is 0.722. The molecule has 0 radical (unpaired) electrons. The van der Waals surface area contributed by atoms with E-state index >= 15 is 0 Å². The van der Waals surface area contributed by atoms with Crippen molar-refractivity contribution in [1.29, 1.82) is 5.26 Å². The summed E-state index contributed by atoms with van der Waals surface area (Å²) in [6, 6.07) is 2.11. The van der Waals surface area contributed by atoms with Crippen LogP contribution in [0.3, 0.4) is 0 Å². The van der Waals surface area contributed by atoms with E-state index in [2.05, 4.69) is 13.0 Å². The van der Waals surface area contributed by atoms with Crippen LogP contribution >= 0.6 is 0 Å². The molecule has 0 aromatic carbocycles. The summed E-state index contributed by atoms with van der Waals surface area (Å²) in [5.74, 6) is 0.722. The Morgan fingerprint density at radius 1 is 1.80 bits per heavy atom. The molecule has 1 aliphatic carbocycles. The van der Waals surface area contributed by atoms with Gasteiger partial charge in [-0.05, 0) is 31.6 Å². The van der Waals surface area contributed by atoms with Gasteiger partial charge >= 0.3 is 0 Å². The quantitative estimate of drug-likeness (QED) is 0.507. The molecule has 1 atom stereocenters. The predicted octanol–water partition coefficient (Wildman–Crippen LogP) is 2.65. The zero-order chi connectivity index (χ0) is 7.40. The van der Waals surface area contributed by atoms with Gasteiger partial charge in [0.05, 0.1) is 6.07 Å². The lowest BCUT2D eigenvalue weighted by Crippen LogP contribution is -1.92. The lowest BCUT2D eigenvalue weighted by Gasteiger charge is -2.05. The standard InChI is InChI=1S/C9H13N/c1-2-8-4-3-5-9(8)6-7-10/h6,8H,2-5H2,1H3. The van der Waals surface area contributed by atoms with Gasteiger partial charge in [0.25, 0.3) is 0 Å². The van der Waals surface area contributed by atoms with Crippen LogP contribution in [-0.2, 0) is 0 Å². The third-order valence-electron chi connectivity index (χ3n) is 2.29. The van der Waals surface area contributed by atoms with Crippen molar-refractivity contribution in [2.24, 2.45) is 5.92 Å². The second kappa shape index (κ2) is 3.41. The van der Waals surface area contributed by atoms with Gasteiger partial charge in [-0.2, -0.15) is 5.26 Å². The van der Waals surface area contributed by atoms with Crippen LogP contribution in [0.5, 0.6) is 0 Å². The van der Waals surface area contributed by atoms with Crippen LogP contribution in [0.15, 0.2) is 11.6 Å². The molecule has 0 aromatic heterocycles. The van der Waals surface area contributed by atoms with Gasteiger partial charge in [0.15, 0.2) is 0 Å². The van der Waals surface area contributed by atoms with E-state index in [-0.39, 0.29) is 0 Å². The van der Waals surface area contributed by atoms with E-state index in [1.165, 1.54) is 24.8 Å².